The van der Waals surface area contributed by atoms with Crippen molar-refractivity contribution in [2.75, 3.05) is 5.32 Å². The van der Waals surface area contributed by atoms with Crippen LogP contribution in [-0.2, 0) is 20.9 Å². The molecule has 2 aliphatic heterocycles. The Bertz CT molecular complexity index is 1450. The summed E-state index contributed by atoms with van der Waals surface area (Å²) in [5.41, 5.74) is 3.21. The molecule has 39 heavy (non-hydrogen) atoms. The van der Waals surface area contributed by atoms with Crippen LogP contribution in [0.15, 0.2) is 81.3 Å². The number of nitrogens with zero attached hydrogens (tertiary/aromatic N) is 3. The molecule has 200 valence electrons. The van der Waals surface area contributed by atoms with Crippen LogP contribution in [-0.4, -0.2) is 44.9 Å². The van der Waals surface area contributed by atoms with Gasteiger partial charge in [-0.1, -0.05) is 43.0 Å². The molecular weight excluding hydrogens is 514 g/mol. The summed E-state index contributed by atoms with van der Waals surface area (Å²) in [6.45, 7) is 4.19. The topological polar surface area (TPSA) is 116 Å². The zero-order valence-corrected chi connectivity index (χ0v) is 22.5. The van der Waals surface area contributed by atoms with Gasteiger partial charge >= 0.3 is 0 Å². The third kappa shape index (κ3) is 5.96. The molecule has 2 atom stereocenters. The van der Waals surface area contributed by atoms with Crippen molar-refractivity contribution < 1.29 is 18.8 Å². The van der Waals surface area contributed by atoms with Crippen LogP contribution in [0.3, 0.4) is 0 Å². The number of rotatable bonds is 9. The number of amidine groups is 2. The molecule has 5 rings (SSSR count). The first-order valence-electron chi connectivity index (χ1n) is 12.9. The summed E-state index contributed by atoms with van der Waals surface area (Å²) in [6, 6.07) is 18.0. The SMILES string of the molecule is CCC(SC1=Nc2ccccc2C2=NC(=O)C(CCC(=O)NCc3ccco3)N12)C(=O)Nc1cccc(C)c1. The number of hydrogen-bond donors (Lipinski definition) is 2. The summed E-state index contributed by atoms with van der Waals surface area (Å²) in [5.74, 6) is 0.487. The van der Waals surface area contributed by atoms with E-state index in [0.29, 0.717) is 28.9 Å². The molecule has 9 nitrogen and oxygen atoms in total. The van der Waals surface area contributed by atoms with Gasteiger partial charge in [-0.2, -0.15) is 4.99 Å². The number of nitrogens with one attached hydrogen (secondary N) is 2. The molecule has 2 aliphatic rings. The summed E-state index contributed by atoms with van der Waals surface area (Å²) >= 11 is 1.30. The second-order valence-electron chi connectivity index (χ2n) is 9.34. The van der Waals surface area contributed by atoms with E-state index in [1.807, 2.05) is 62.4 Å². The van der Waals surface area contributed by atoms with Gasteiger partial charge in [-0.25, -0.2) is 4.99 Å². The minimum Gasteiger partial charge on any atom is -0.467 e. The van der Waals surface area contributed by atoms with Crippen molar-refractivity contribution in [1.82, 2.24) is 10.2 Å². The molecule has 2 N–H and O–H groups in total. The highest BCUT2D eigenvalue weighted by Gasteiger charge is 2.42. The van der Waals surface area contributed by atoms with Gasteiger partial charge in [0.2, 0.25) is 11.8 Å². The lowest BCUT2D eigenvalue weighted by molar-refractivity contribution is -0.122. The Hall–Kier alpha value is -4.18. The standard InChI is InChI=1S/C29H29N5O4S/c1-3-24(28(37)31-19-9-6-8-18(2)16-19)39-29-32-22-12-5-4-11-21(22)26-33-27(36)23(34(26)29)13-14-25(35)30-17-20-10-7-15-38-20/h4-12,15-16,23-24H,3,13-14,17H2,1-2H3,(H,30,35)(H,31,37). The summed E-state index contributed by atoms with van der Waals surface area (Å²) < 4.78 is 5.26. The zero-order chi connectivity index (χ0) is 27.4. The lowest BCUT2D eigenvalue weighted by Gasteiger charge is -2.32. The van der Waals surface area contributed by atoms with Crippen LogP contribution in [0.4, 0.5) is 11.4 Å². The van der Waals surface area contributed by atoms with Crippen molar-refractivity contribution in [2.45, 2.75) is 50.9 Å². The minimum atomic E-state index is -0.689. The van der Waals surface area contributed by atoms with Gasteiger partial charge in [0.15, 0.2) is 5.17 Å². The maximum Gasteiger partial charge on any atom is 0.270 e. The number of aryl methyl sites for hydroxylation is 1. The van der Waals surface area contributed by atoms with Crippen LogP contribution in [0, 0.1) is 6.92 Å². The van der Waals surface area contributed by atoms with Gasteiger partial charge in [-0.05, 0) is 61.7 Å². The summed E-state index contributed by atoms with van der Waals surface area (Å²) in [6.07, 6.45) is 2.48. The first-order valence-corrected chi connectivity index (χ1v) is 13.7. The molecule has 2 unspecified atom stereocenters. The molecule has 3 aromatic rings. The van der Waals surface area contributed by atoms with Crippen LogP contribution in [0.5, 0.6) is 0 Å². The Morgan fingerprint density at radius 2 is 1.95 bits per heavy atom. The quantitative estimate of drug-likeness (QED) is 0.401. The molecule has 10 heteroatoms. The molecule has 2 aromatic carbocycles. The fourth-order valence-corrected chi connectivity index (χ4v) is 5.57. The third-order valence-electron chi connectivity index (χ3n) is 6.49. The van der Waals surface area contributed by atoms with Crippen LogP contribution in [0.25, 0.3) is 0 Å². The predicted octanol–water partition coefficient (Wildman–Crippen LogP) is 4.79. The minimum absolute atomic E-state index is 0.126. The van der Waals surface area contributed by atoms with E-state index in [0.717, 1.165) is 16.8 Å². The van der Waals surface area contributed by atoms with Crippen LogP contribution in [0.2, 0.25) is 0 Å². The molecule has 0 aliphatic carbocycles. The average Bonchev–Trinajstić information content (AvgIpc) is 3.57. The maximum absolute atomic E-state index is 13.2. The number of benzene rings is 2. The number of hydrogen-bond acceptors (Lipinski definition) is 7. The van der Waals surface area contributed by atoms with Crippen molar-refractivity contribution >= 4 is 51.9 Å². The fourth-order valence-electron chi connectivity index (χ4n) is 4.51. The van der Waals surface area contributed by atoms with Crippen LogP contribution in [0.1, 0.15) is 43.1 Å². The van der Waals surface area contributed by atoms with Gasteiger partial charge in [0.25, 0.3) is 5.91 Å². The first kappa shape index (κ1) is 26.4. The number of furan rings is 1. The van der Waals surface area contributed by atoms with E-state index < -0.39 is 11.3 Å². The van der Waals surface area contributed by atoms with E-state index in [4.69, 9.17) is 9.41 Å². The Morgan fingerprint density at radius 3 is 2.72 bits per heavy atom. The lowest BCUT2D eigenvalue weighted by atomic mass is 10.1. The van der Waals surface area contributed by atoms with Gasteiger partial charge in [-0.15, -0.1) is 0 Å². The monoisotopic (exact) mass is 543 g/mol. The Balaban J connectivity index is 1.34. The van der Waals surface area contributed by atoms with Crippen molar-refractivity contribution in [2.24, 2.45) is 9.98 Å². The second-order valence-corrected chi connectivity index (χ2v) is 10.5. The van der Waals surface area contributed by atoms with E-state index in [9.17, 15) is 14.4 Å². The zero-order valence-electron chi connectivity index (χ0n) is 21.7. The van der Waals surface area contributed by atoms with Crippen molar-refractivity contribution in [3.8, 4) is 0 Å². The number of thioether (sulfide) groups is 1. The van der Waals surface area contributed by atoms with E-state index in [1.54, 1.807) is 23.3 Å². The lowest BCUT2D eigenvalue weighted by Crippen LogP contribution is -2.45. The number of amides is 3. The summed E-state index contributed by atoms with van der Waals surface area (Å²) in [4.78, 5) is 49.9. The highest BCUT2D eigenvalue weighted by Crippen LogP contribution is 2.37. The highest BCUT2D eigenvalue weighted by atomic mass is 32.2. The fraction of sp³-hybridized carbons (Fsp3) is 0.276. The molecule has 0 saturated carbocycles. The van der Waals surface area contributed by atoms with Crippen molar-refractivity contribution in [3.05, 3.63) is 83.8 Å². The van der Waals surface area contributed by atoms with E-state index in [2.05, 4.69) is 15.6 Å². The van der Waals surface area contributed by atoms with Crippen molar-refractivity contribution in [3.63, 3.8) is 0 Å². The van der Waals surface area contributed by atoms with Gasteiger partial charge in [0, 0.05) is 17.7 Å². The Kier molecular flexibility index (Phi) is 7.92. The molecule has 0 saturated heterocycles. The smallest absolute Gasteiger partial charge is 0.270 e. The predicted molar refractivity (Wildman–Crippen MR) is 152 cm³/mol. The van der Waals surface area contributed by atoms with Gasteiger partial charge in [0.05, 0.1) is 23.7 Å². The van der Waals surface area contributed by atoms with Gasteiger partial charge in [-0.3, -0.25) is 19.3 Å². The van der Waals surface area contributed by atoms with Crippen LogP contribution >= 0.6 is 11.8 Å². The Morgan fingerprint density at radius 1 is 1.10 bits per heavy atom. The number of para-hydroxylation sites is 1. The normalized spacial score (nSPS) is 16.6. The van der Waals surface area contributed by atoms with E-state index in [1.165, 1.54) is 11.8 Å². The van der Waals surface area contributed by atoms with Gasteiger partial charge in [0.1, 0.15) is 17.6 Å². The van der Waals surface area contributed by atoms with Gasteiger partial charge < -0.3 is 15.1 Å². The van der Waals surface area contributed by atoms with E-state index >= 15 is 0 Å². The third-order valence-corrected chi connectivity index (χ3v) is 7.82. The Labute approximate surface area is 230 Å². The van der Waals surface area contributed by atoms with Crippen molar-refractivity contribution in [1.29, 1.82) is 0 Å². The summed E-state index contributed by atoms with van der Waals surface area (Å²) in [7, 11) is 0. The maximum atomic E-state index is 13.2. The molecule has 0 spiro atoms. The van der Waals surface area contributed by atoms with Crippen LogP contribution < -0.4 is 10.6 Å². The molecule has 0 fully saturated rings. The average molecular weight is 544 g/mol. The number of fused-ring (bicyclic) bond motifs is 3. The molecule has 0 bridgehead atoms. The number of anilines is 1. The summed E-state index contributed by atoms with van der Waals surface area (Å²) in [5, 5.41) is 5.88. The highest BCUT2D eigenvalue weighted by molar-refractivity contribution is 8.15. The number of carbonyl (C=O) groups is 3. The second kappa shape index (κ2) is 11.7. The molecule has 1 aromatic heterocycles. The molecule has 3 amide bonds. The number of carbonyl (C=O) groups excluding carboxylic acids is 3. The largest absolute Gasteiger partial charge is 0.467 e. The number of aliphatic imine (C=N–C) groups is 2. The first-order chi connectivity index (χ1) is 18.9. The van der Waals surface area contributed by atoms with E-state index in [-0.39, 0.29) is 37.1 Å². The molecule has 0 radical (unpaired) electrons. The molecular formula is C29H29N5O4S. The molecule has 3 heterocycles.